The van der Waals surface area contributed by atoms with Crippen LogP contribution in [-0.4, -0.2) is 49.1 Å². The van der Waals surface area contributed by atoms with Crippen LogP contribution in [0.5, 0.6) is 0 Å². The first kappa shape index (κ1) is 12.8. The quantitative estimate of drug-likeness (QED) is 0.760. The van der Waals surface area contributed by atoms with Gasteiger partial charge in [-0.3, -0.25) is 9.69 Å². The van der Waals surface area contributed by atoms with Crippen molar-refractivity contribution in [2.75, 3.05) is 20.1 Å². The van der Waals surface area contributed by atoms with Crippen molar-refractivity contribution < 1.29 is 4.79 Å². The number of piperazine rings is 1. The maximum absolute atomic E-state index is 12.1. The van der Waals surface area contributed by atoms with Crippen LogP contribution in [0.1, 0.15) is 39.0 Å². The highest BCUT2D eigenvalue weighted by Gasteiger charge is 2.37. The number of carbonyl (C=O) groups excluding carboxylic acids is 1. The zero-order chi connectivity index (χ0) is 12.3. The van der Waals surface area contributed by atoms with E-state index in [1.54, 1.807) is 0 Å². The Hall–Kier alpha value is -0.610. The summed E-state index contributed by atoms with van der Waals surface area (Å²) >= 11 is 0. The van der Waals surface area contributed by atoms with Crippen molar-refractivity contribution in [3.63, 3.8) is 0 Å². The fourth-order valence-electron chi connectivity index (χ4n) is 3.20. The van der Waals surface area contributed by atoms with Gasteiger partial charge >= 0.3 is 0 Å². The molecule has 0 spiro atoms. The molecule has 2 aliphatic rings. The fourth-order valence-corrected chi connectivity index (χ4v) is 3.20. The Labute approximate surface area is 104 Å². The first-order valence-corrected chi connectivity index (χ1v) is 6.93. The average molecular weight is 239 g/mol. The number of nitrogens with zero attached hydrogens (tertiary/aromatic N) is 1. The van der Waals surface area contributed by atoms with E-state index in [2.05, 4.69) is 22.5 Å². The molecule has 2 atom stereocenters. The third-order valence-corrected chi connectivity index (χ3v) is 4.04. The van der Waals surface area contributed by atoms with Crippen LogP contribution in [0.15, 0.2) is 0 Å². The lowest BCUT2D eigenvalue weighted by atomic mass is 10.0. The fraction of sp³-hybridized carbons (Fsp3) is 0.923. The summed E-state index contributed by atoms with van der Waals surface area (Å²) < 4.78 is 0. The van der Waals surface area contributed by atoms with Crippen molar-refractivity contribution in [1.29, 1.82) is 0 Å². The monoisotopic (exact) mass is 239 g/mol. The predicted molar refractivity (Wildman–Crippen MR) is 68.9 cm³/mol. The minimum Gasteiger partial charge on any atom is -0.351 e. The molecule has 0 aromatic heterocycles. The third-order valence-electron chi connectivity index (χ3n) is 4.04. The smallest absolute Gasteiger partial charge is 0.237 e. The molecule has 0 radical (unpaired) electrons. The lowest BCUT2D eigenvalue weighted by Gasteiger charge is -2.42. The number of hydrogen-bond acceptors (Lipinski definition) is 3. The van der Waals surface area contributed by atoms with Crippen molar-refractivity contribution in [2.24, 2.45) is 0 Å². The molecule has 1 amide bonds. The van der Waals surface area contributed by atoms with Gasteiger partial charge in [0, 0.05) is 18.6 Å². The van der Waals surface area contributed by atoms with Gasteiger partial charge in [0.05, 0.1) is 6.04 Å². The van der Waals surface area contributed by atoms with E-state index in [0.717, 1.165) is 19.5 Å². The molecular formula is C13H25N3O. The van der Waals surface area contributed by atoms with E-state index < -0.39 is 0 Å². The molecule has 1 saturated heterocycles. The lowest BCUT2D eigenvalue weighted by Crippen LogP contribution is -2.61. The van der Waals surface area contributed by atoms with Gasteiger partial charge in [-0.1, -0.05) is 12.8 Å². The molecule has 1 saturated carbocycles. The summed E-state index contributed by atoms with van der Waals surface area (Å²) in [5.74, 6) is 0.228. The highest BCUT2D eigenvalue weighted by atomic mass is 16.2. The number of amides is 1. The average Bonchev–Trinajstić information content (AvgIpc) is 2.80. The van der Waals surface area contributed by atoms with E-state index in [1.807, 2.05) is 7.05 Å². The number of carbonyl (C=O) groups is 1. The van der Waals surface area contributed by atoms with E-state index in [9.17, 15) is 4.79 Å². The third kappa shape index (κ3) is 2.99. The second-order valence-electron chi connectivity index (χ2n) is 5.45. The first-order chi connectivity index (χ1) is 8.22. The van der Waals surface area contributed by atoms with Crippen LogP contribution in [-0.2, 0) is 4.79 Å². The van der Waals surface area contributed by atoms with Gasteiger partial charge in [-0.05, 0) is 39.8 Å². The lowest BCUT2D eigenvalue weighted by molar-refractivity contribution is -0.132. The number of hydrogen-bond donors (Lipinski definition) is 2. The highest BCUT2D eigenvalue weighted by molar-refractivity contribution is 5.82. The molecule has 1 aliphatic carbocycles. The molecule has 98 valence electrons. The summed E-state index contributed by atoms with van der Waals surface area (Å²) in [5, 5.41) is 6.23. The van der Waals surface area contributed by atoms with Crippen molar-refractivity contribution in [3.8, 4) is 0 Å². The van der Waals surface area contributed by atoms with Gasteiger partial charge < -0.3 is 10.6 Å². The Morgan fingerprint density at radius 2 is 2.12 bits per heavy atom. The Kier molecular flexibility index (Phi) is 4.40. The molecule has 2 N–H and O–H groups in total. The SMILES string of the molecule is CNCCC1C(=O)NC(C)CN1C1CCCC1. The number of nitrogens with one attached hydrogen (secondary N) is 2. The van der Waals surface area contributed by atoms with Crippen LogP contribution in [0.4, 0.5) is 0 Å². The van der Waals surface area contributed by atoms with Crippen LogP contribution < -0.4 is 10.6 Å². The molecular weight excluding hydrogens is 214 g/mol. The summed E-state index contributed by atoms with van der Waals surface area (Å²) in [6, 6.07) is 1.03. The summed E-state index contributed by atoms with van der Waals surface area (Å²) in [6.07, 6.45) is 6.13. The van der Waals surface area contributed by atoms with E-state index in [-0.39, 0.29) is 11.9 Å². The Balaban J connectivity index is 2.03. The van der Waals surface area contributed by atoms with Crippen LogP contribution in [0.3, 0.4) is 0 Å². The number of rotatable bonds is 4. The maximum Gasteiger partial charge on any atom is 0.237 e. The van der Waals surface area contributed by atoms with Gasteiger partial charge in [-0.15, -0.1) is 0 Å². The van der Waals surface area contributed by atoms with Gasteiger partial charge in [0.2, 0.25) is 5.91 Å². The molecule has 1 aliphatic heterocycles. The van der Waals surface area contributed by atoms with Crippen LogP contribution in [0.2, 0.25) is 0 Å². The second-order valence-corrected chi connectivity index (χ2v) is 5.45. The molecule has 2 fully saturated rings. The molecule has 0 aromatic rings. The molecule has 4 heteroatoms. The van der Waals surface area contributed by atoms with Crippen molar-refractivity contribution in [2.45, 2.75) is 57.2 Å². The van der Waals surface area contributed by atoms with Crippen LogP contribution in [0.25, 0.3) is 0 Å². The molecule has 4 nitrogen and oxygen atoms in total. The largest absolute Gasteiger partial charge is 0.351 e. The van der Waals surface area contributed by atoms with Gasteiger partial charge in [-0.25, -0.2) is 0 Å². The van der Waals surface area contributed by atoms with Crippen LogP contribution >= 0.6 is 0 Å². The summed E-state index contributed by atoms with van der Waals surface area (Å²) in [6.45, 7) is 4.04. The van der Waals surface area contributed by atoms with E-state index in [1.165, 1.54) is 25.7 Å². The van der Waals surface area contributed by atoms with Gasteiger partial charge in [0.25, 0.3) is 0 Å². The van der Waals surface area contributed by atoms with Gasteiger partial charge in [0.1, 0.15) is 0 Å². The second kappa shape index (κ2) is 5.83. The maximum atomic E-state index is 12.1. The predicted octanol–water partition coefficient (Wildman–Crippen LogP) is 0.727. The summed E-state index contributed by atoms with van der Waals surface area (Å²) in [5.41, 5.74) is 0. The highest BCUT2D eigenvalue weighted by Crippen LogP contribution is 2.27. The van der Waals surface area contributed by atoms with E-state index >= 15 is 0 Å². The Bertz CT molecular complexity index is 263. The zero-order valence-electron chi connectivity index (χ0n) is 11.0. The Morgan fingerprint density at radius 3 is 2.76 bits per heavy atom. The standard InChI is InChI=1S/C13H25N3O/c1-10-9-16(11-5-3-4-6-11)12(7-8-14-2)13(17)15-10/h10-12,14H,3-9H2,1-2H3,(H,15,17). The van der Waals surface area contributed by atoms with E-state index in [4.69, 9.17) is 0 Å². The molecule has 2 unspecified atom stereocenters. The van der Waals surface area contributed by atoms with Gasteiger partial charge in [-0.2, -0.15) is 0 Å². The minimum atomic E-state index is 0.0850. The molecule has 0 aromatic carbocycles. The molecule has 0 bridgehead atoms. The topological polar surface area (TPSA) is 44.4 Å². The van der Waals surface area contributed by atoms with Crippen molar-refractivity contribution in [1.82, 2.24) is 15.5 Å². The zero-order valence-corrected chi connectivity index (χ0v) is 11.0. The summed E-state index contributed by atoms with van der Waals surface area (Å²) in [4.78, 5) is 14.6. The van der Waals surface area contributed by atoms with Crippen LogP contribution in [0, 0.1) is 0 Å². The van der Waals surface area contributed by atoms with E-state index in [0.29, 0.717) is 12.1 Å². The molecule has 2 rings (SSSR count). The molecule has 17 heavy (non-hydrogen) atoms. The van der Waals surface area contributed by atoms with Crippen molar-refractivity contribution >= 4 is 5.91 Å². The molecule has 1 heterocycles. The first-order valence-electron chi connectivity index (χ1n) is 6.93. The van der Waals surface area contributed by atoms with Crippen molar-refractivity contribution in [3.05, 3.63) is 0 Å². The van der Waals surface area contributed by atoms with Gasteiger partial charge in [0.15, 0.2) is 0 Å². The Morgan fingerprint density at radius 1 is 1.41 bits per heavy atom. The summed E-state index contributed by atoms with van der Waals surface area (Å²) in [7, 11) is 1.95. The normalized spacial score (nSPS) is 31.8. The minimum absolute atomic E-state index is 0.0850.